The highest BCUT2D eigenvalue weighted by molar-refractivity contribution is 5.77. The number of rotatable bonds is 4. The van der Waals surface area contributed by atoms with E-state index in [9.17, 15) is 4.79 Å². The molecule has 0 aromatic carbocycles. The smallest absolute Gasteiger partial charge is 0.222 e. The first-order valence-electron chi connectivity index (χ1n) is 7.35. The van der Waals surface area contributed by atoms with Gasteiger partial charge < -0.3 is 10.2 Å². The molecule has 1 aromatic rings. The molecule has 1 unspecified atom stereocenters. The van der Waals surface area contributed by atoms with Crippen LogP contribution in [0, 0.1) is 23.2 Å². The summed E-state index contributed by atoms with van der Waals surface area (Å²) in [4.78, 5) is 22.1. The Morgan fingerprint density at radius 2 is 2.29 bits per heavy atom. The van der Waals surface area contributed by atoms with Gasteiger partial charge in [-0.3, -0.25) is 4.79 Å². The van der Waals surface area contributed by atoms with Crippen LogP contribution in [0.15, 0.2) is 12.4 Å². The molecule has 1 aliphatic rings. The summed E-state index contributed by atoms with van der Waals surface area (Å²) in [5.41, 5.74) is 0.365. The molecule has 1 N–H and O–H groups in total. The fourth-order valence-corrected chi connectivity index (χ4v) is 2.51. The minimum absolute atomic E-state index is 0.00914. The molecule has 1 fully saturated rings. The number of hydrogen-bond donors (Lipinski definition) is 1. The number of aromatic nitrogens is 2. The first-order chi connectivity index (χ1) is 10.1. The Balaban J connectivity index is 1.98. The van der Waals surface area contributed by atoms with Crippen molar-refractivity contribution in [2.24, 2.45) is 11.8 Å². The summed E-state index contributed by atoms with van der Waals surface area (Å²) in [6.07, 6.45) is 5.26. The second-order valence-corrected chi connectivity index (χ2v) is 5.69. The highest BCUT2D eigenvalue weighted by Crippen LogP contribution is 2.22. The van der Waals surface area contributed by atoms with E-state index in [0.717, 1.165) is 25.9 Å². The first-order valence-corrected chi connectivity index (χ1v) is 7.35. The molecule has 2 heterocycles. The van der Waals surface area contributed by atoms with Gasteiger partial charge in [0.15, 0.2) is 11.5 Å². The van der Waals surface area contributed by atoms with E-state index in [1.807, 2.05) is 13.8 Å². The number of piperidine rings is 1. The number of carbonyl (C=O) groups is 1. The lowest BCUT2D eigenvalue weighted by Gasteiger charge is -2.33. The van der Waals surface area contributed by atoms with Crippen molar-refractivity contribution in [1.82, 2.24) is 15.3 Å². The van der Waals surface area contributed by atoms with Crippen molar-refractivity contribution in [3.63, 3.8) is 0 Å². The molecule has 0 spiro atoms. The van der Waals surface area contributed by atoms with Crippen molar-refractivity contribution in [3.05, 3.63) is 18.1 Å². The standard InChI is InChI=1S/C15H21N5O/c1-11(2)15(21)19-9-12-4-3-7-20(10-12)14-13(8-16)17-5-6-18-14/h5-6,11-12H,3-4,7,9-10H2,1-2H3,(H,19,21). The van der Waals surface area contributed by atoms with Gasteiger partial charge in [-0.2, -0.15) is 5.26 Å². The Hall–Kier alpha value is -2.16. The number of hydrogen-bond acceptors (Lipinski definition) is 5. The molecule has 1 aliphatic heterocycles. The molecule has 112 valence electrons. The van der Waals surface area contributed by atoms with E-state index in [1.54, 1.807) is 6.20 Å². The van der Waals surface area contributed by atoms with Crippen LogP contribution in [0.1, 0.15) is 32.4 Å². The van der Waals surface area contributed by atoms with E-state index >= 15 is 0 Å². The van der Waals surface area contributed by atoms with E-state index in [4.69, 9.17) is 5.26 Å². The highest BCUT2D eigenvalue weighted by atomic mass is 16.1. The predicted molar refractivity (Wildman–Crippen MR) is 79.5 cm³/mol. The third kappa shape index (κ3) is 3.91. The molecule has 6 heteroatoms. The van der Waals surface area contributed by atoms with Gasteiger partial charge in [-0.1, -0.05) is 13.8 Å². The average Bonchev–Trinajstić information content (AvgIpc) is 2.52. The molecule has 0 bridgehead atoms. The normalized spacial score (nSPS) is 18.4. The molecular weight excluding hydrogens is 266 g/mol. The number of carbonyl (C=O) groups excluding carboxylic acids is 1. The van der Waals surface area contributed by atoms with Crippen molar-refractivity contribution in [2.45, 2.75) is 26.7 Å². The molecule has 0 aliphatic carbocycles. The molecule has 1 atom stereocenters. The van der Waals surface area contributed by atoms with Gasteiger partial charge in [0.25, 0.3) is 0 Å². The lowest BCUT2D eigenvalue weighted by molar-refractivity contribution is -0.124. The van der Waals surface area contributed by atoms with Crippen LogP contribution in [-0.4, -0.2) is 35.5 Å². The monoisotopic (exact) mass is 287 g/mol. The lowest BCUT2D eigenvalue weighted by atomic mass is 9.97. The Labute approximate surface area is 125 Å². The summed E-state index contributed by atoms with van der Waals surface area (Å²) in [6, 6.07) is 2.09. The zero-order valence-electron chi connectivity index (χ0n) is 12.5. The first kappa shape index (κ1) is 15.2. The largest absolute Gasteiger partial charge is 0.356 e. The van der Waals surface area contributed by atoms with Gasteiger partial charge in [-0.05, 0) is 18.8 Å². The van der Waals surface area contributed by atoms with Crippen molar-refractivity contribution < 1.29 is 4.79 Å². The minimum Gasteiger partial charge on any atom is -0.356 e. The van der Waals surface area contributed by atoms with Crippen LogP contribution in [0.4, 0.5) is 5.82 Å². The summed E-state index contributed by atoms with van der Waals surface area (Å²) >= 11 is 0. The lowest BCUT2D eigenvalue weighted by Crippen LogP contribution is -2.42. The predicted octanol–water partition coefficient (Wildman–Crippen LogP) is 1.34. The number of amides is 1. The van der Waals surface area contributed by atoms with Gasteiger partial charge in [0.1, 0.15) is 6.07 Å². The highest BCUT2D eigenvalue weighted by Gasteiger charge is 2.23. The van der Waals surface area contributed by atoms with Crippen LogP contribution in [0.5, 0.6) is 0 Å². The van der Waals surface area contributed by atoms with E-state index < -0.39 is 0 Å². The van der Waals surface area contributed by atoms with Crippen LogP contribution in [0.2, 0.25) is 0 Å². The zero-order valence-corrected chi connectivity index (χ0v) is 12.5. The van der Waals surface area contributed by atoms with Crippen LogP contribution in [0.3, 0.4) is 0 Å². The summed E-state index contributed by atoms with van der Waals surface area (Å²) in [7, 11) is 0. The maximum absolute atomic E-state index is 11.6. The molecule has 0 saturated carbocycles. The maximum Gasteiger partial charge on any atom is 0.222 e. The molecule has 2 rings (SSSR count). The summed E-state index contributed by atoms with van der Waals surface area (Å²) in [6.45, 7) is 6.13. The van der Waals surface area contributed by atoms with E-state index in [0.29, 0.717) is 24.0 Å². The molecule has 6 nitrogen and oxygen atoms in total. The van der Waals surface area contributed by atoms with Crippen molar-refractivity contribution in [3.8, 4) is 6.07 Å². The number of nitriles is 1. The van der Waals surface area contributed by atoms with Gasteiger partial charge in [0.05, 0.1) is 0 Å². The summed E-state index contributed by atoms with van der Waals surface area (Å²) < 4.78 is 0. The minimum atomic E-state index is 0.00914. The second kappa shape index (κ2) is 7.02. The number of nitrogens with zero attached hydrogens (tertiary/aromatic N) is 4. The number of anilines is 1. The quantitative estimate of drug-likeness (QED) is 0.903. The fourth-order valence-electron chi connectivity index (χ4n) is 2.51. The summed E-state index contributed by atoms with van der Waals surface area (Å²) in [5, 5.41) is 12.1. The third-order valence-electron chi connectivity index (χ3n) is 3.69. The Morgan fingerprint density at radius 3 is 3.00 bits per heavy atom. The van der Waals surface area contributed by atoms with Crippen molar-refractivity contribution in [2.75, 3.05) is 24.5 Å². The van der Waals surface area contributed by atoms with Crippen molar-refractivity contribution >= 4 is 11.7 Å². The maximum atomic E-state index is 11.6. The topological polar surface area (TPSA) is 81.9 Å². The van der Waals surface area contributed by atoms with Gasteiger partial charge in [-0.15, -0.1) is 0 Å². The van der Waals surface area contributed by atoms with Crippen LogP contribution in [-0.2, 0) is 4.79 Å². The molecule has 1 saturated heterocycles. The van der Waals surface area contributed by atoms with Crippen LogP contribution < -0.4 is 10.2 Å². The Kier molecular flexibility index (Phi) is 5.09. The fraction of sp³-hybridized carbons (Fsp3) is 0.600. The van der Waals surface area contributed by atoms with E-state index in [-0.39, 0.29) is 11.8 Å². The molecule has 1 amide bonds. The van der Waals surface area contributed by atoms with Crippen LogP contribution in [0.25, 0.3) is 0 Å². The van der Waals surface area contributed by atoms with E-state index in [2.05, 4.69) is 26.3 Å². The van der Waals surface area contributed by atoms with Crippen LogP contribution >= 0.6 is 0 Å². The molecule has 21 heavy (non-hydrogen) atoms. The average molecular weight is 287 g/mol. The van der Waals surface area contributed by atoms with Crippen molar-refractivity contribution in [1.29, 1.82) is 5.26 Å². The van der Waals surface area contributed by atoms with Gasteiger partial charge >= 0.3 is 0 Å². The Morgan fingerprint density at radius 1 is 1.52 bits per heavy atom. The van der Waals surface area contributed by atoms with E-state index in [1.165, 1.54) is 6.20 Å². The van der Waals surface area contributed by atoms with Gasteiger partial charge in [0.2, 0.25) is 5.91 Å². The van der Waals surface area contributed by atoms with Gasteiger partial charge in [0, 0.05) is 37.9 Å². The third-order valence-corrected chi connectivity index (χ3v) is 3.69. The molecule has 1 aromatic heterocycles. The summed E-state index contributed by atoms with van der Waals surface area (Å²) in [5.74, 6) is 1.13. The van der Waals surface area contributed by atoms with Gasteiger partial charge in [-0.25, -0.2) is 9.97 Å². The number of nitrogens with one attached hydrogen (secondary N) is 1. The zero-order chi connectivity index (χ0) is 15.2. The molecular formula is C15H21N5O. The SMILES string of the molecule is CC(C)C(=O)NCC1CCCN(c2nccnc2C#N)C1. The Bertz CT molecular complexity index is 537. The molecule has 0 radical (unpaired) electrons. The second-order valence-electron chi connectivity index (χ2n) is 5.69.